The third kappa shape index (κ3) is 8.36. The monoisotopic (exact) mass is 434 g/mol. The van der Waals surface area contributed by atoms with Crippen molar-refractivity contribution >= 4 is 17.5 Å². The van der Waals surface area contributed by atoms with Crippen LogP contribution >= 0.6 is 0 Å². The summed E-state index contributed by atoms with van der Waals surface area (Å²) in [7, 11) is 0. The molecular formula is C23H38N4O4. The van der Waals surface area contributed by atoms with Crippen LogP contribution in [0.1, 0.15) is 58.9 Å². The summed E-state index contributed by atoms with van der Waals surface area (Å²) in [5.74, 6) is 0. The summed E-state index contributed by atoms with van der Waals surface area (Å²) < 4.78 is 5.52. The largest absolute Gasteiger partial charge is 0.444 e. The van der Waals surface area contributed by atoms with Gasteiger partial charge in [-0.2, -0.15) is 0 Å². The quantitative estimate of drug-likeness (QED) is 0.443. The van der Waals surface area contributed by atoms with Crippen molar-refractivity contribution in [2.45, 2.75) is 71.9 Å². The minimum absolute atomic E-state index is 0.139. The normalized spacial score (nSPS) is 15.5. The molecule has 174 valence electrons. The Bertz CT molecular complexity index is 740. The fraction of sp³-hybridized carbons (Fsp3) is 0.696. The Morgan fingerprint density at radius 2 is 1.97 bits per heavy atom. The molecule has 1 heterocycles. The number of piperidine rings is 1. The Morgan fingerprint density at radius 1 is 1.29 bits per heavy atom. The van der Waals surface area contributed by atoms with Gasteiger partial charge in [0.1, 0.15) is 11.3 Å². The summed E-state index contributed by atoms with van der Waals surface area (Å²) in [6, 6.07) is 5.55. The maximum absolute atomic E-state index is 12.4. The fourth-order valence-corrected chi connectivity index (χ4v) is 3.81. The zero-order chi connectivity index (χ0) is 23.0. The Hall–Kier alpha value is -2.35. The van der Waals surface area contributed by atoms with Gasteiger partial charge in [0.05, 0.1) is 4.92 Å². The van der Waals surface area contributed by atoms with Crippen LogP contribution in [0.3, 0.4) is 0 Å². The highest BCUT2D eigenvalue weighted by molar-refractivity contribution is 5.68. The number of hydrogen-bond donors (Lipinski definition) is 1. The number of nitro benzene ring substituents is 1. The predicted molar refractivity (Wildman–Crippen MR) is 124 cm³/mol. The number of nitrogens with zero attached hydrogens (tertiary/aromatic N) is 3. The molecule has 0 aliphatic carbocycles. The van der Waals surface area contributed by atoms with E-state index in [9.17, 15) is 14.9 Å². The van der Waals surface area contributed by atoms with Gasteiger partial charge in [0.15, 0.2) is 0 Å². The van der Waals surface area contributed by atoms with Crippen LogP contribution in [0.2, 0.25) is 0 Å². The van der Waals surface area contributed by atoms with Crippen LogP contribution < -0.4 is 5.32 Å². The van der Waals surface area contributed by atoms with Crippen molar-refractivity contribution < 1.29 is 14.5 Å². The minimum atomic E-state index is -0.482. The molecular weight excluding hydrogens is 396 g/mol. The van der Waals surface area contributed by atoms with Crippen LogP contribution in [0.25, 0.3) is 0 Å². The molecule has 1 amide bonds. The lowest BCUT2D eigenvalue weighted by molar-refractivity contribution is -0.384. The first-order chi connectivity index (χ1) is 14.6. The van der Waals surface area contributed by atoms with Gasteiger partial charge in [0.2, 0.25) is 0 Å². The third-order valence-electron chi connectivity index (χ3n) is 5.34. The first-order valence-corrected chi connectivity index (χ1v) is 11.3. The number of hydrogen-bond acceptors (Lipinski definition) is 6. The number of anilines is 1. The van der Waals surface area contributed by atoms with Crippen LogP contribution in [0.5, 0.6) is 0 Å². The van der Waals surface area contributed by atoms with Crippen molar-refractivity contribution in [3.63, 3.8) is 0 Å². The molecule has 1 saturated heterocycles. The molecule has 1 aliphatic rings. The SMILES string of the molecule is CCCN(CCCN1CCC(Nc2ccc(C)cc2[N+](=O)[O-])CC1)C(=O)OC(C)(C)C. The van der Waals surface area contributed by atoms with Crippen molar-refractivity contribution in [1.82, 2.24) is 9.80 Å². The average molecular weight is 435 g/mol. The van der Waals surface area contributed by atoms with E-state index in [0.717, 1.165) is 50.9 Å². The van der Waals surface area contributed by atoms with Gasteiger partial charge in [-0.15, -0.1) is 0 Å². The number of carbonyl (C=O) groups is 1. The lowest BCUT2D eigenvalue weighted by Gasteiger charge is -2.33. The predicted octanol–water partition coefficient (Wildman–Crippen LogP) is 4.82. The van der Waals surface area contributed by atoms with E-state index in [1.807, 2.05) is 33.8 Å². The summed E-state index contributed by atoms with van der Waals surface area (Å²) in [6.45, 7) is 13.8. The smallest absolute Gasteiger partial charge is 0.410 e. The van der Waals surface area contributed by atoms with Gasteiger partial charge in [-0.25, -0.2) is 4.79 Å². The van der Waals surface area contributed by atoms with Gasteiger partial charge in [0.25, 0.3) is 5.69 Å². The van der Waals surface area contributed by atoms with Gasteiger partial charge >= 0.3 is 6.09 Å². The van der Waals surface area contributed by atoms with Crippen LogP contribution in [0.15, 0.2) is 18.2 Å². The van der Waals surface area contributed by atoms with Crippen molar-refractivity contribution in [3.8, 4) is 0 Å². The molecule has 1 N–H and O–H groups in total. The maximum atomic E-state index is 12.4. The first kappa shape index (κ1) is 24.9. The molecule has 0 unspecified atom stereocenters. The number of aryl methyl sites for hydroxylation is 1. The third-order valence-corrected chi connectivity index (χ3v) is 5.34. The zero-order valence-electron chi connectivity index (χ0n) is 19.6. The molecule has 8 heteroatoms. The number of nitro groups is 1. The van der Waals surface area contributed by atoms with Crippen LogP contribution in [0.4, 0.5) is 16.2 Å². The van der Waals surface area contributed by atoms with E-state index < -0.39 is 5.60 Å². The van der Waals surface area contributed by atoms with E-state index in [2.05, 4.69) is 17.1 Å². The molecule has 2 rings (SSSR count). The second-order valence-corrected chi connectivity index (χ2v) is 9.36. The topological polar surface area (TPSA) is 88.0 Å². The van der Waals surface area contributed by atoms with Crippen molar-refractivity contribution in [3.05, 3.63) is 33.9 Å². The lowest BCUT2D eigenvalue weighted by atomic mass is 10.0. The molecule has 0 spiro atoms. The maximum Gasteiger partial charge on any atom is 0.410 e. The number of likely N-dealkylation sites (tertiary alicyclic amines) is 1. The number of benzene rings is 1. The molecule has 1 aromatic carbocycles. The van der Waals surface area contributed by atoms with Gasteiger partial charge in [-0.05, 0) is 71.6 Å². The highest BCUT2D eigenvalue weighted by Gasteiger charge is 2.24. The summed E-state index contributed by atoms with van der Waals surface area (Å²) >= 11 is 0. The molecule has 0 aromatic heterocycles. The molecule has 1 fully saturated rings. The average Bonchev–Trinajstić information content (AvgIpc) is 2.68. The van der Waals surface area contributed by atoms with Crippen molar-refractivity contribution in [2.75, 3.05) is 38.0 Å². The highest BCUT2D eigenvalue weighted by Crippen LogP contribution is 2.27. The van der Waals surface area contributed by atoms with Crippen LogP contribution in [0, 0.1) is 17.0 Å². The molecule has 31 heavy (non-hydrogen) atoms. The van der Waals surface area contributed by atoms with E-state index in [4.69, 9.17) is 4.74 Å². The molecule has 8 nitrogen and oxygen atoms in total. The van der Waals surface area contributed by atoms with Crippen LogP contribution in [-0.4, -0.2) is 65.2 Å². The Morgan fingerprint density at radius 3 is 2.55 bits per heavy atom. The summed E-state index contributed by atoms with van der Waals surface area (Å²) in [6.07, 6.45) is 3.45. The van der Waals surface area contributed by atoms with Crippen LogP contribution in [-0.2, 0) is 4.74 Å². The number of carbonyl (C=O) groups excluding carboxylic acids is 1. The number of ether oxygens (including phenoxy) is 1. The molecule has 0 saturated carbocycles. The minimum Gasteiger partial charge on any atom is -0.444 e. The van der Waals surface area contributed by atoms with Gasteiger partial charge in [-0.1, -0.05) is 13.0 Å². The molecule has 0 bridgehead atoms. The Labute approximate surface area is 186 Å². The highest BCUT2D eigenvalue weighted by atomic mass is 16.6. The summed E-state index contributed by atoms with van der Waals surface area (Å²) in [5.41, 5.74) is 1.14. The Kier molecular flexibility index (Phi) is 9.10. The fourth-order valence-electron chi connectivity index (χ4n) is 3.81. The number of nitrogens with one attached hydrogen (secondary N) is 1. The second kappa shape index (κ2) is 11.3. The molecule has 0 atom stereocenters. The van der Waals surface area contributed by atoms with Crippen molar-refractivity contribution in [1.29, 1.82) is 0 Å². The summed E-state index contributed by atoms with van der Waals surface area (Å²) in [4.78, 5) is 27.6. The van der Waals surface area contributed by atoms with E-state index in [0.29, 0.717) is 18.8 Å². The van der Waals surface area contributed by atoms with E-state index in [1.165, 1.54) is 0 Å². The van der Waals surface area contributed by atoms with Crippen molar-refractivity contribution in [2.24, 2.45) is 0 Å². The van der Waals surface area contributed by atoms with Gasteiger partial charge < -0.3 is 19.9 Å². The number of amides is 1. The lowest BCUT2D eigenvalue weighted by Crippen LogP contribution is -2.41. The van der Waals surface area contributed by atoms with E-state index in [1.54, 1.807) is 17.0 Å². The molecule has 0 radical (unpaired) electrons. The van der Waals surface area contributed by atoms with Gasteiger partial charge in [-0.3, -0.25) is 10.1 Å². The molecule has 1 aromatic rings. The summed E-state index contributed by atoms with van der Waals surface area (Å²) in [5, 5.41) is 14.7. The number of rotatable bonds is 9. The Balaban J connectivity index is 1.78. The molecule has 1 aliphatic heterocycles. The van der Waals surface area contributed by atoms with E-state index >= 15 is 0 Å². The standard InChI is InChI=1S/C23H38N4O4/c1-6-12-26(22(28)31-23(3,4)5)14-7-13-25-15-10-19(11-16-25)24-20-9-8-18(2)17-21(20)27(29)30/h8-9,17,19,24H,6-7,10-16H2,1-5H3. The van der Waals surface area contributed by atoms with Gasteiger partial charge in [0, 0.05) is 38.3 Å². The second-order valence-electron chi connectivity index (χ2n) is 9.36. The van der Waals surface area contributed by atoms with E-state index in [-0.39, 0.29) is 22.7 Å². The zero-order valence-corrected chi connectivity index (χ0v) is 19.6. The first-order valence-electron chi connectivity index (χ1n) is 11.3.